The van der Waals surface area contributed by atoms with Gasteiger partial charge in [-0.25, -0.2) is 0 Å². The molecular weight excluding hydrogens is 388 g/mol. The maximum absolute atomic E-state index is 13.0. The monoisotopic (exact) mass is 418 g/mol. The molecule has 1 saturated heterocycles. The van der Waals surface area contributed by atoms with Crippen molar-refractivity contribution in [2.75, 3.05) is 13.1 Å². The van der Waals surface area contributed by atoms with Crippen molar-refractivity contribution >= 4 is 30.1 Å². The zero-order valence-corrected chi connectivity index (χ0v) is 18.6. The van der Waals surface area contributed by atoms with E-state index in [1.165, 1.54) is 21.6 Å². The van der Waals surface area contributed by atoms with Gasteiger partial charge in [0.25, 0.3) is 5.91 Å². The van der Waals surface area contributed by atoms with Gasteiger partial charge in [0.1, 0.15) is 0 Å². The lowest BCUT2D eigenvalue weighted by Crippen LogP contribution is -2.45. The quantitative estimate of drug-likeness (QED) is 0.677. The van der Waals surface area contributed by atoms with E-state index in [0.29, 0.717) is 5.92 Å². The maximum atomic E-state index is 13.0. The molecule has 0 bridgehead atoms. The van der Waals surface area contributed by atoms with Gasteiger partial charge in [0.15, 0.2) is 0 Å². The fraction of sp³-hybridized carbons (Fsp3) is 0.435. The summed E-state index contributed by atoms with van der Waals surface area (Å²) in [6.07, 6.45) is 2.16. The van der Waals surface area contributed by atoms with E-state index < -0.39 is 0 Å². The molecular formula is C23H31ClN2OS. The highest BCUT2D eigenvalue weighted by Gasteiger charge is 2.26. The first-order valence-corrected chi connectivity index (χ1v) is 10.8. The van der Waals surface area contributed by atoms with Crippen molar-refractivity contribution in [1.29, 1.82) is 0 Å². The van der Waals surface area contributed by atoms with E-state index >= 15 is 0 Å². The summed E-state index contributed by atoms with van der Waals surface area (Å²) in [4.78, 5) is 16.2. The molecule has 0 aliphatic carbocycles. The van der Waals surface area contributed by atoms with Crippen molar-refractivity contribution in [2.45, 2.75) is 50.3 Å². The summed E-state index contributed by atoms with van der Waals surface area (Å²) in [6, 6.07) is 14.8. The molecule has 0 aromatic heterocycles. The van der Waals surface area contributed by atoms with E-state index in [4.69, 9.17) is 5.73 Å². The maximum Gasteiger partial charge on any atom is 0.253 e. The molecule has 2 N–H and O–H groups in total. The number of likely N-dealkylation sites (tertiary alicyclic amines) is 1. The number of halogens is 1. The van der Waals surface area contributed by atoms with Crippen molar-refractivity contribution < 1.29 is 4.79 Å². The molecule has 5 heteroatoms. The van der Waals surface area contributed by atoms with Gasteiger partial charge in [-0.3, -0.25) is 4.79 Å². The lowest BCUT2D eigenvalue weighted by molar-refractivity contribution is 0.0661. The highest BCUT2D eigenvalue weighted by atomic mass is 35.5. The Labute approximate surface area is 179 Å². The summed E-state index contributed by atoms with van der Waals surface area (Å²) < 4.78 is 0. The van der Waals surface area contributed by atoms with Crippen LogP contribution in [0.4, 0.5) is 0 Å². The number of thioether (sulfide) groups is 1. The Balaban J connectivity index is 0.00000280. The third-order valence-electron chi connectivity index (χ3n) is 5.39. The van der Waals surface area contributed by atoms with Gasteiger partial charge in [-0.1, -0.05) is 29.8 Å². The molecule has 0 saturated carbocycles. The molecule has 3 nitrogen and oxygen atoms in total. The van der Waals surface area contributed by atoms with E-state index in [9.17, 15) is 4.79 Å². The van der Waals surface area contributed by atoms with Crippen LogP contribution in [0.1, 0.15) is 46.8 Å². The van der Waals surface area contributed by atoms with Crippen molar-refractivity contribution in [1.82, 2.24) is 4.90 Å². The van der Waals surface area contributed by atoms with Crippen LogP contribution in [0.25, 0.3) is 0 Å². The SMILES string of the molecule is Cc1ccc(SCc2cccc(C(=O)N3CCCC(C(C)N)C3)c2)c(C)c1.Cl. The largest absolute Gasteiger partial charge is 0.338 e. The Morgan fingerprint density at radius 2 is 2.04 bits per heavy atom. The average Bonchev–Trinajstić information content (AvgIpc) is 2.67. The number of rotatable bonds is 5. The second kappa shape index (κ2) is 10.3. The Kier molecular flexibility index (Phi) is 8.41. The first kappa shape index (κ1) is 22.8. The Morgan fingerprint density at radius 1 is 1.25 bits per heavy atom. The number of piperidine rings is 1. The summed E-state index contributed by atoms with van der Waals surface area (Å²) in [5.74, 6) is 1.41. The minimum Gasteiger partial charge on any atom is -0.338 e. The van der Waals surface area contributed by atoms with Crippen LogP contribution in [0, 0.1) is 19.8 Å². The van der Waals surface area contributed by atoms with Crippen LogP contribution in [-0.2, 0) is 5.75 Å². The minimum absolute atomic E-state index is 0. The molecule has 1 aliphatic heterocycles. The molecule has 1 heterocycles. The summed E-state index contributed by atoms with van der Waals surface area (Å²) in [5, 5.41) is 0. The fourth-order valence-electron chi connectivity index (χ4n) is 3.72. The molecule has 1 amide bonds. The highest BCUT2D eigenvalue weighted by molar-refractivity contribution is 7.98. The summed E-state index contributed by atoms with van der Waals surface area (Å²) in [7, 11) is 0. The van der Waals surface area contributed by atoms with E-state index in [1.807, 2.05) is 41.8 Å². The number of aryl methyl sites for hydroxylation is 2. The number of amides is 1. The minimum atomic E-state index is 0. The number of carbonyl (C=O) groups excluding carboxylic acids is 1. The molecule has 2 atom stereocenters. The van der Waals surface area contributed by atoms with Crippen LogP contribution in [0.5, 0.6) is 0 Å². The van der Waals surface area contributed by atoms with E-state index in [-0.39, 0.29) is 24.4 Å². The lowest BCUT2D eigenvalue weighted by atomic mass is 9.92. The van der Waals surface area contributed by atoms with Crippen molar-refractivity contribution in [3.05, 3.63) is 64.7 Å². The van der Waals surface area contributed by atoms with Gasteiger partial charge in [0.05, 0.1) is 0 Å². The number of carbonyl (C=O) groups is 1. The first-order chi connectivity index (χ1) is 12.9. The molecule has 152 valence electrons. The molecule has 1 aliphatic rings. The van der Waals surface area contributed by atoms with E-state index in [1.54, 1.807) is 0 Å². The van der Waals surface area contributed by atoms with Gasteiger partial charge in [0.2, 0.25) is 0 Å². The number of nitrogens with zero attached hydrogens (tertiary/aromatic N) is 1. The summed E-state index contributed by atoms with van der Waals surface area (Å²) >= 11 is 1.83. The smallest absolute Gasteiger partial charge is 0.253 e. The van der Waals surface area contributed by atoms with Crippen molar-refractivity contribution in [3.63, 3.8) is 0 Å². The molecule has 2 aromatic rings. The summed E-state index contributed by atoms with van der Waals surface area (Å²) in [5.41, 5.74) is 10.6. The topological polar surface area (TPSA) is 46.3 Å². The van der Waals surface area contributed by atoms with Crippen LogP contribution in [0.15, 0.2) is 47.4 Å². The Hall–Kier alpha value is -1.49. The molecule has 1 fully saturated rings. The number of hydrogen-bond donors (Lipinski definition) is 1. The van der Waals surface area contributed by atoms with Crippen LogP contribution < -0.4 is 5.73 Å². The van der Waals surface area contributed by atoms with Gasteiger partial charge < -0.3 is 10.6 Å². The van der Waals surface area contributed by atoms with Gasteiger partial charge >= 0.3 is 0 Å². The standard InChI is InChI=1S/C23H30N2OS.ClH/c1-16-9-10-22(17(2)12-16)27-15-19-6-4-7-20(13-19)23(26)25-11-5-8-21(14-25)18(3)24;/h4,6-7,9-10,12-13,18,21H,5,8,11,14-15,24H2,1-3H3;1H. The highest BCUT2D eigenvalue weighted by Crippen LogP contribution is 2.27. The molecule has 2 unspecified atom stereocenters. The number of hydrogen-bond acceptors (Lipinski definition) is 3. The number of nitrogens with two attached hydrogens (primary N) is 1. The van der Waals surface area contributed by atoms with E-state index in [0.717, 1.165) is 37.2 Å². The third kappa shape index (κ3) is 5.76. The van der Waals surface area contributed by atoms with Gasteiger partial charge in [-0.05, 0) is 68.9 Å². The molecule has 28 heavy (non-hydrogen) atoms. The van der Waals surface area contributed by atoms with Crippen molar-refractivity contribution in [3.8, 4) is 0 Å². The Bertz CT molecular complexity index is 809. The predicted octanol–water partition coefficient (Wildman–Crippen LogP) is 5.22. The van der Waals surface area contributed by atoms with Gasteiger partial charge in [-0.15, -0.1) is 24.2 Å². The number of benzene rings is 2. The second-order valence-electron chi connectivity index (χ2n) is 7.77. The molecule has 3 rings (SSSR count). The van der Waals surface area contributed by atoms with Crippen LogP contribution >= 0.6 is 24.2 Å². The lowest BCUT2D eigenvalue weighted by Gasteiger charge is -2.34. The Morgan fingerprint density at radius 3 is 2.75 bits per heavy atom. The zero-order chi connectivity index (χ0) is 19.4. The normalized spacial score (nSPS) is 17.7. The average molecular weight is 419 g/mol. The summed E-state index contributed by atoms with van der Waals surface area (Å²) in [6.45, 7) is 7.93. The van der Waals surface area contributed by atoms with Crippen molar-refractivity contribution in [2.24, 2.45) is 11.7 Å². The fourth-order valence-corrected chi connectivity index (χ4v) is 4.68. The van der Waals surface area contributed by atoms with Gasteiger partial charge in [-0.2, -0.15) is 0 Å². The predicted molar refractivity (Wildman–Crippen MR) is 121 cm³/mol. The second-order valence-corrected chi connectivity index (χ2v) is 8.79. The van der Waals surface area contributed by atoms with Crippen LogP contribution in [0.3, 0.4) is 0 Å². The van der Waals surface area contributed by atoms with Gasteiger partial charge in [0, 0.05) is 35.3 Å². The molecule has 0 spiro atoms. The molecule has 2 aromatic carbocycles. The van der Waals surface area contributed by atoms with Crippen LogP contribution in [-0.4, -0.2) is 29.9 Å². The molecule has 0 radical (unpaired) electrons. The third-order valence-corrected chi connectivity index (χ3v) is 6.63. The van der Waals surface area contributed by atoms with Crippen LogP contribution in [0.2, 0.25) is 0 Å². The zero-order valence-electron chi connectivity index (χ0n) is 17.0. The first-order valence-electron chi connectivity index (χ1n) is 9.78. The van der Waals surface area contributed by atoms with E-state index in [2.05, 4.69) is 38.1 Å².